The maximum Gasteiger partial charge on any atom is 0.348 e. The van der Waals surface area contributed by atoms with Gasteiger partial charge < -0.3 is 19.9 Å². The minimum Gasteiger partial charge on any atom is -0.462 e. The van der Waals surface area contributed by atoms with Gasteiger partial charge in [-0.1, -0.05) is 41.6 Å². The SMILES string of the molecule is CCOC(=O)c1sc(NC(=O)CSc2nnc(-c3ccc(Cl)cc3)n2CC)c(C(=O)Nc2ccccc2)c1C. The fourth-order valence-electron chi connectivity index (χ4n) is 3.77. The first-order valence-corrected chi connectivity index (χ1v) is 14.3. The molecule has 0 atom stereocenters. The van der Waals surface area contributed by atoms with Crippen LogP contribution in [0.25, 0.3) is 11.4 Å². The number of benzene rings is 2. The third-order valence-electron chi connectivity index (χ3n) is 5.59. The van der Waals surface area contributed by atoms with Crippen LogP contribution in [0.2, 0.25) is 5.02 Å². The molecular formula is C27H26ClN5O4S2. The van der Waals surface area contributed by atoms with Crippen molar-refractivity contribution in [2.75, 3.05) is 23.0 Å². The molecule has 2 amide bonds. The van der Waals surface area contributed by atoms with Crippen LogP contribution in [0.15, 0.2) is 59.8 Å². The second kappa shape index (κ2) is 12.9. The lowest BCUT2D eigenvalue weighted by molar-refractivity contribution is -0.113. The van der Waals surface area contributed by atoms with Crippen molar-refractivity contribution in [2.45, 2.75) is 32.5 Å². The van der Waals surface area contributed by atoms with E-state index in [2.05, 4.69) is 20.8 Å². The van der Waals surface area contributed by atoms with Crippen molar-refractivity contribution >= 4 is 63.2 Å². The zero-order chi connectivity index (χ0) is 27.9. The van der Waals surface area contributed by atoms with Crippen LogP contribution < -0.4 is 10.6 Å². The summed E-state index contributed by atoms with van der Waals surface area (Å²) in [6.07, 6.45) is 0. The average molecular weight is 584 g/mol. The number of carbonyl (C=O) groups is 3. The van der Waals surface area contributed by atoms with Gasteiger partial charge in [-0.25, -0.2) is 4.79 Å². The smallest absolute Gasteiger partial charge is 0.348 e. The third-order valence-corrected chi connectivity index (χ3v) is 7.99. The van der Waals surface area contributed by atoms with E-state index in [4.69, 9.17) is 16.3 Å². The molecule has 2 heterocycles. The van der Waals surface area contributed by atoms with Crippen LogP contribution in [0, 0.1) is 6.92 Å². The minimum atomic E-state index is -0.547. The predicted octanol–water partition coefficient (Wildman–Crippen LogP) is 6.15. The van der Waals surface area contributed by atoms with Gasteiger partial charge in [0.15, 0.2) is 11.0 Å². The highest BCUT2D eigenvalue weighted by atomic mass is 35.5. The first-order valence-electron chi connectivity index (χ1n) is 12.1. The van der Waals surface area contributed by atoms with E-state index in [1.54, 1.807) is 50.2 Å². The molecule has 0 unspecified atom stereocenters. The summed E-state index contributed by atoms with van der Waals surface area (Å²) in [6, 6.07) is 16.2. The highest BCUT2D eigenvalue weighted by Gasteiger charge is 2.27. The molecule has 0 radical (unpaired) electrons. The number of ether oxygens (including phenoxy) is 1. The lowest BCUT2D eigenvalue weighted by Crippen LogP contribution is -2.19. The Morgan fingerprint density at radius 3 is 2.41 bits per heavy atom. The van der Waals surface area contributed by atoms with Gasteiger partial charge in [-0.2, -0.15) is 0 Å². The molecule has 9 nitrogen and oxygen atoms in total. The van der Waals surface area contributed by atoms with Crippen LogP contribution in [0.1, 0.15) is 39.4 Å². The second-order valence-electron chi connectivity index (χ2n) is 8.20. The normalized spacial score (nSPS) is 10.8. The molecule has 2 aromatic carbocycles. The molecule has 0 saturated heterocycles. The van der Waals surface area contributed by atoms with Gasteiger partial charge in [-0.3, -0.25) is 9.59 Å². The van der Waals surface area contributed by atoms with Gasteiger partial charge in [0, 0.05) is 22.8 Å². The van der Waals surface area contributed by atoms with Crippen molar-refractivity contribution in [3.05, 3.63) is 75.6 Å². The molecule has 0 aliphatic heterocycles. The maximum atomic E-state index is 13.2. The summed E-state index contributed by atoms with van der Waals surface area (Å²) < 4.78 is 7.06. The number of aromatic nitrogens is 3. The number of anilines is 2. The maximum absolute atomic E-state index is 13.2. The highest BCUT2D eigenvalue weighted by Crippen LogP contribution is 2.35. The lowest BCUT2D eigenvalue weighted by Gasteiger charge is -2.09. The van der Waals surface area contributed by atoms with Crippen molar-refractivity contribution in [3.8, 4) is 11.4 Å². The molecule has 0 aliphatic carbocycles. The molecule has 39 heavy (non-hydrogen) atoms. The first-order chi connectivity index (χ1) is 18.8. The molecule has 0 fully saturated rings. The van der Waals surface area contributed by atoms with Gasteiger partial charge in [0.25, 0.3) is 5.91 Å². The number of thiophene rings is 1. The molecule has 2 N–H and O–H groups in total. The summed E-state index contributed by atoms with van der Waals surface area (Å²) in [4.78, 5) is 39.0. The van der Waals surface area contributed by atoms with Crippen LogP contribution in [0.3, 0.4) is 0 Å². The van der Waals surface area contributed by atoms with E-state index in [0.29, 0.717) is 33.8 Å². The summed E-state index contributed by atoms with van der Waals surface area (Å²) >= 11 is 8.24. The number of nitrogens with zero attached hydrogens (tertiary/aromatic N) is 3. The zero-order valence-electron chi connectivity index (χ0n) is 21.5. The monoisotopic (exact) mass is 583 g/mol. The molecule has 12 heteroatoms. The van der Waals surface area contributed by atoms with Gasteiger partial charge in [0.2, 0.25) is 5.91 Å². The van der Waals surface area contributed by atoms with Gasteiger partial charge in [0.05, 0.1) is 17.9 Å². The Hall–Kier alpha value is -3.67. The molecule has 0 spiro atoms. The quantitative estimate of drug-likeness (QED) is 0.170. The highest BCUT2D eigenvalue weighted by molar-refractivity contribution is 7.99. The summed E-state index contributed by atoms with van der Waals surface area (Å²) in [6.45, 7) is 6.13. The van der Waals surface area contributed by atoms with Crippen LogP contribution in [-0.2, 0) is 16.1 Å². The van der Waals surface area contributed by atoms with E-state index in [0.717, 1.165) is 16.9 Å². The predicted molar refractivity (Wildman–Crippen MR) is 155 cm³/mol. The number of para-hydroxylation sites is 1. The molecule has 202 valence electrons. The number of halogens is 1. The molecule has 4 aromatic rings. The van der Waals surface area contributed by atoms with Gasteiger partial charge >= 0.3 is 5.97 Å². The average Bonchev–Trinajstić information content (AvgIpc) is 3.48. The van der Waals surface area contributed by atoms with Crippen molar-refractivity contribution in [1.82, 2.24) is 14.8 Å². The summed E-state index contributed by atoms with van der Waals surface area (Å²) in [5, 5.41) is 15.7. The number of nitrogens with one attached hydrogen (secondary N) is 2. The van der Waals surface area contributed by atoms with Crippen molar-refractivity contribution in [2.24, 2.45) is 0 Å². The molecule has 2 aromatic heterocycles. The molecular weight excluding hydrogens is 558 g/mol. The number of hydrogen-bond donors (Lipinski definition) is 2. The Balaban J connectivity index is 1.53. The number of esters is 1. The second-order valence-corrected chi connectivity index (χ2v) is 10.6. The Bertz CT molecular complexity index is 1490. The lowest BCUT2D eigenvalue weighted by atomic mass is 10.1. The Morgan fingerprint density at radius 1 is 1.03 bits per heavy atom. The van der Waals surface area contributed by atoms with E-state index in [-0.39, 0.29) is 33.7 Å². The van der Waals surface area contributed by atoms with E-state index in [9.17, 15) is 14.4 Å². The van der Waals surface area contributed by atoms with E-state index >= 15 is 0 Å². The van der Waals surface area contributed by atoms with E-state index in [1.807, 2.05) is 29.7 Å². The first kappa shape index (κ1) is 28.3. The van der Waals surface area contributed by atoms with Gasteiger partial charge in [0.1, 0.15) is 9.88 Å². The topological polar surface area (TPSA) is 115 Å². The molecule has 0 aliphatic rings. The fraction of sp³-hybridized carbons (Fsp3) is 0.222. The van der Waals surface area contributed by atoms with Crippen LogP contribution in [0.4, 0.5) is 10.7 Å². The zero-order valence-corrected chi connectivity index (χ0v) is 23.9. The Morgan fingerprint density at radius 2 is 1.74 bits per heavy atom. The molecule has 0 saturated carbocycles. The summed E-state index contributed by atoms with van der Waals surface area (Å²) in [5.41, 5.74) is 2.11. The van der Waals surface area contributed by atoms with E-state index < -0.39 is 11.9 Å². The molecule has 4 rings (SSSR count). The van der Waals surface area contributed by atoms with Crippen molar-refractivity contribution < 1.29 is 19.1 Å². The van der Waals surface area contributed by atoms with Crippen molar-refractivity contribution in [1.29, 1.82) is 0 Å². The number of thioether (sulfide) groups is 1. The standard InChI is InChI=1S/C27H26ClN5O4S2/c1-4-33-23(17-11-13-18(28)14-12-17)31-32-27(33)38-15-20(34)30-25-21(16(3)22(39-25)26(36)37-5-2)24(35)29-19-9-7-6-8-10-19/h6-14H,4-5,15H2,1-3H3,(H,29,35)(H,30,34). The Kier molecular flexibility index (Phi) is 9.39. The van der Waals surface area contributed by atoms with Crippen LogP contribution in [-0.4, -0.2) is 44.9 Å². The third kappa shape index (κ3) is 6.67. The fourth-order valence-corrected chi connectivity index (χ4v) is 5.81. The van der Waals surface area contributed by atoms with E-state index in [1.165, 1.54) is 11.8 Å². The number of carbonyl (C=O) groups excluding carboxylic acids is 3. The van der Waals surface area contributed by atoms with Gasteiger partial charge in [-0.05, 0) is 62.7 Å². The Labute approximate surface area is 238 Å². The van der Waals surface area contributed by atoms with Gasteiger partial charge in [-0.15, -0.1) is 21.5 Å². The van der Waals surface area contributed by atoms with Crippen molar-refractivity contribution in [3.63, 3.8) is 0 Å². The van der Waals surface area contributed by atoms with Crippen LogP contribution in [0.5, 0.6) is 0 Å². The number of hydrogen-bond acceptors (Lipinski definition) is 8. The molecule has 0 bridgehead atoms. The number of amides is 2. The minimum absolute atomic E-state index is 0.0180. The van der Waals surface area contributed by atoms with Crippen LogP contribution >= 0.6 is 34.7 Å². The number of rotatable bonds is 10. The largest absolute Gasteiger partial charge is 0.462 e. The summed E-state index contributed by atoms with van der Waals surface area (Å²) in [7, 11) is 0. The summed E-state index contributed by atoms with van der Waals surface area (Å²) in [5.74, 6) is -0.653.